The summed E-state index contributed by atoms with van der Waals surface area (Å²) in [7, 11) is 2.62. The Labute approximate surface area is 195 Å². The van der Waals surface area contributed by atoms with Crippen LogP contribution in [-0.4, -0.2) is 60.7 Å². The summed E-state index contributed by atoms with van der Waals surface area (Å²) >= 11 is 0. The van der Waals surface area contributed by atoms with Crippen molar-refractivity contribution in [3.05, 3.63) is 35.9 Å². The third kappa shape index (κ3) is 10.4. The van der Waals surface area contributed by atoms with Crippen molar-refractivity contribution in [3.63, 3.8) is 0 Å². The van der Waals surface area contributed by atoms with E-state index in [4.69, 9.17) is 14.2 Å². The highest BCUT2D eigenvalue weighted by Crippen LogP contribution is 2.16. The molecule has 1 aromatic carbocycles. The molecule has 2 atom stereocenters. The second kappa shape index (κ2) is 12.8. The number of carbonyl (C=O) groups excluding carboxylic acids is 4. The second-order valence-corrected chi connectivity index (χ2v) is 9.17. The zero-order valence-electron chi connectivity index (χ0n) is 20.5. The number of hydrogen-bond acceptors (Lipinski definition) is 7. The van der Waals surface area contributed by atoms with E-state index in [1.165, 1.54) is 11.9 Å². The molecule has 0 aromatic heterocycles. The highest BCUT2D eigenvalue weighted by molar-refractivity contribution is 5.91. The number of amides is 2. The van der Waals surface area contributed by atoms with Crippen LogP contribution in [0.2, 0.25) is 0 Å². The van der Waals surface area contributed by atoms with Crippen LogP contribution in [0.5, 0.6) is 0 Å². The Kier molecular flexibility index (Phi) is 10.8. The molecule has 0 aliphatic carbocycles. The molecule has 0 aliphatic rings. The van der Waals surface area contributed by atoms with Gasteiger partial charge in [-0.25, -0.2) is 9.59 Å². The van der Waals surface area contributed by atoms with Gasteiger partial charge in [-0.15, -0.1) is 0 Å². The number of likely N-dealkylation sites (N-methyl/N-ethyl adjacent to an activating group) is 1. The lowest BCUT2D eigenvalue weighted by molar-refractivity contribution is -0.153. The van der Waals surface area contributed by atoms with Crippen LogP contribution in [0.1, 0.15) is 53.0 Å². The number of ether oxygens (including phenoxy) is 3. The fraction of sp³-hybridized carbons (Fsp3) is 0.583. The van der Waals surface area contributed by atoms with Gasteiger partial charge in [-0.1, -0.05) is 44.2 Å². The third-order valence-electron chi connectivity index (χ3n) is 4.56. The molecule has 0 fully saturated rings. The Morgan fingerprint density at radius 2 is 1.67 bits per heavy atom. The van der Waals surface area contributed by atoms with Crippen molar-refractivity contribution < 1.29 is 33.4 Å². The molecule has 1 rings (SSSR count). The number of carbonyl (C=O) groups is 4. The zero-order chi connectivity index (χ0) is 25.2. The van der Waals surface area contributed by atoms with Crippen LogP contribution >= 0.6 is 0 Å². The van der Waals surface area contributed by atoms with Crippen LogP contribution in [-0.2, 0) is 35.2 Å². The summed E-state index contributed by atoms with van der Waals surface area (Å²) in [5, 5.41) is 2.54. The lowest BCUT2D eigenvalue weighted by Crippen LogP contribution is -2.53. The predicted molar refractivity (Wildman–Crippen MR) is 122 cm³/mol. The monoisotopic (exact) mass is 464 g/mol. The molecule has 0 unspecified atom stereocenters. The van der Waals surface area contributed by atoms with Gasteiger partial charge in [-0.2, -0.15) is 0 Å². The fourth-order valence-electron chi connectivity index (χ4n) is 2.92. The van der Waals surface area contributed by atoms with Gasteiger partial charge >= 0.3 is 18.0 Å². The number of esters is 2. The van der Waals surface area contributed by atoms with E-state index in [9.17, 15) is 19.2 Å². The first-order valence-corrected chi connectivity index (χ1v) is 10.9. The molecule has 0 saturated heterocycles. The van der Waals surface area contributed by atoms with Crippen molar-refractivity contribution in [2.24, 2.45) is 5.92 Å². The molecule has 0 spiro atoms. The van der Waals surface area contributed by atoms with E-state index in [0.717, 1.165) is 12.7 Å². The van der Waals surface area contributed by atoms with E-state index in [1.54, 1.807) is 32.9 Å². The topological polar surface area (TPSA) is 111 Å². The van der Waals surface area contributed by atoms with E-state index in [0.29, 0.717) is 6.42 Å². The van der Waals surface area contributed by atoms with E-state index >= 15 is 0 Å². The molecule has 0 saturated carbocycles. The lowest BCUT2D eigenvalue weighted by atomic mass is 10.0. The molecule has 184 valence electrons. The lowest BCUT2D eigenvalue weighted by Gasteiger charge is -2.31. The first-order valence-electron chi connectivity index (χ1n) is 10.9. The largest absolute Gasteiger partial charge is 0.467 e. The number of nitrogens with one attached hydrogen (secondary N) is 1. The highest BCUT2D eigenvalue weighted by atomic mass is 16.6. The van der Waals surface area contributed by atoms with Gasteiger partial charge in [-0.05, 0) is 38.7 Å². The molecule has 2 amide bonds. The van der Waals surface area contributed by atoms with Crippen LogP contribution in [0.4, 0.5) is 4.79 Å². The summed E-state index contributed by atoms with van der Waals surface area (Å²) in [5.74, 6) is -1.99. The molecule has 1 aromatic rings. The van der Waals surface area contributed by atoms with Crippen LogP contribution in [0, 0.1) is 5.92 Å². The van der Waals surface area contributed by atoms with Crippen molar-refractivity contribution in [2.75, 3.05) is 14.2 Å². The van der Waals surface area contributed by atoms with E-state index < -0.39 is 48.0 Å². The quantitative estimate of drug-likeness (QED) is 0.418. The summed E-state index contributed by atoms with van der Waals surface area (Å²) in [5.41, 5.74) is 0.0573. The molecule has 9 heteroatoms. The molecule has 0 aliphatic heterocycles. The summed E-state index contributed by atoms with van der Waals surface area (Å²) in [6.07, 6.45) is -0.746. The Bertz CT molecular complexity index is 803. The Morgan fingerprint density at radius 3 is 2.18 bits per heavy atom. The molecule has 0 heterocycles. The molecule has 1 N–H and O–H groups in total. The second-order valence-electron chi connectivity index (χ2n) is 9.17. The fourth-order valence-corrected chi connectivity index (χ4v) is 2.92. The normalized spacial score (nSPS) is 13.0. The van der Waals surface area contributed by atoms with Gasteiger partial charge in [0.15, 0.2) is 0 Å². The smallest absolute Gasteiger partial charge is 0.410 e. The number of hydrogen-bond donors (Lipinski definition) is 1. The average molecular weight is 465 g/mol. The van der Waals surface area contributed by atoms with Crippen LogP contribution in [0.3, 0.4) is 0 Å². The maximum Gasteiger partial charge on any atom is 0.410 e. The first kappa shape index (κ1) is 27.9. The van der Waals surface area contributed by atoms with Crippen LogP contribution in [0.25, 0.3) is 0 Å². The van der Waals surface area contributed by atoms with Crippen LogP contribution in [0.15, 0.2) is 30.3 Å². The standard InChI is InChI=1S/C24H36N2O7/c1-16(2)13-19(26(6)23(30)33-24(3,4)5)21(28)25-18(22(29)31-7)14-20(27)32-15-17-11-9-8-10-12-17/h8-12,16,18-19H,13-15H2,1-7H3,(H,25,28)/t18-,19+/m1/s1. The molecular weight excluding hydrogens is 428 g/mol. The average Bonchev–Trinajstić information content (AvgIpc) is 2.73. The third-order valence-corrected chi connectivity index (χ3v) is 4.56. The van der Waals surface area contributed by atoms with E-state index in [-0.39, 0.29) is 12.5 Å². The number of methoxy groups -OCH3 is 1. The highest BCUT2D eigenvalue weighted by Gasteiger charge is 2.34. The number of benzene rings is 1. The van der Waals surface area contributed by atoms with Gasteiger partial charge in [0.05, 0.1) is 13.5 Å². The molecule has 9 nitrogen and oxygen atoms in total. The molecule has 0 bridgehead atoms. The molecule has 0 radical (unpaired) electrons. The maximum atomic E-state index is 13.1. The number of rotatable bonds is 10. The maximum absolute atomic E-state index is 13.1. The van der Waals surface area contributed by atoms with Gasteiger partial charge < -0.3 is 19.5 Å². The van der Waals surface area contributed by atoms with E-state index in [2.05, 4.69) is 5.32 Å². The Hall–Kier alpha value is -3.10. The van der Waals surface area contributed by atoms with Gasteiger partial charge in [0, 0.05) is 7.05 Å². The van der Waals surface area contributed by atoms with Gasteiger partial charge in [0.2, 0.25) is 5.91 Å². The van der Waals surface area contributed by atoms with Crippen molar-refractivity contribution in [3.8, 4) is 0 Å². The first-order chi connectivity index (χ1) is 15.3. The van der Waals surface area contributed by atoms with E-state index in [1.807, 2.05) is 32.0 Å². The predicted octanol–water partition coefficient (Wildman–Crippen LogP) is 3.06. The minimum Gasteiger partial charge on any atom is -0.467 e. The molecular formula is C24H36N2O7. The van der Waals surface area contributed by atoms with Gasteiger partial charge in [0.25, 0.3) is 0 Å². The van der Waals surface area contributed by atoms with Gasteiger partial charge in [0.1, 0.15) is 24.3 Å². The minimum atomic E-state index is -1.26. The minimum absolute atomic E-state index is 0.0405. The van der Waals surface area contributed by atoms with Gasteiger partial charge in [-0.3, -0.25) is 14.5 Å². The summed E-state index contributed by atoms with van der Waals surface area (Å²) in [4.78, 5) is 51.3. The van der Waals surface area contributed by atoms with Crippen molar-refractivity contribution >= 4 is 23.9 Å². The number of nitrogens with zero attached hydrogens (tertiary/aromatic N) is 1. The van der Waals surface area contributed by atoms with Crippen LogP contribution < -0.4 is 5.32 Å². The Balaban J connectivity index is 2.89. The zero-order valence-corrected chi connectivity index (χ0v) is 20.5. The SMILES string of the molecule is COC(=O)[C@@H](CC(=O)OCc1ccccc1)NC(=O)[C@H](CC(C)C)N(C)C(=O)OC(C)(C)C. The van der Waals surface area contributed by atoms with Crippen molar-refractivity contribution in [2.45, 2.75) is 71.8 Å². The summed E-state index contributed by atoms with van der Waals surface area (Å²) < 4.78 is 15.3. The Morgan fingerprint density at radius 1 is 1.06 bits per heavy atom. The molecule has 33 heavy (non-hydrogen) atoms. The summed E-state index contributed by atoms with van der Waals surface area (Å²) in [6.45, 7) is 9.03. The van der Waals surface area contributed by atoms with Crippen molar-refractivity contribution in [1.29, 1.82) is 0 Å². The van der Waals surface area contributed by atoms with Crippen molar-refractivity contribution in [1.82, 2.24) is 10.2 Å². The summed E-state index contributed by atoms with van der Waals surface area (Å²) in [6, 6.07) is 6.91.